The number of anilines is 2. The van der Waals surface area contributed by atoms with E-state index in [0.29, 0.717) is 31.9 Å². The zero-order valence-electron chi connectivity index (χ0n) is 16.4. The monoisotopic (exact) mass is 385 g/mol. The number of ether oxygens (including phenoxy) is 2. The third-order valence-corrected chi connectivity index (χ3v) is 5.60. The Labute approximate surface area is 165 Å². The summed E-state index contributed by atoms with van der Waals surface area (Å²) in [4.78, 5) is 31.1. The second-order valence-electron chi connectivity index (χ2n) is 7.29. The highest BCUT2D eigenvalue weighted by atomic mass is 16.5. The fraction of sp³-hybridized carbons (Fsp3) is 0.524. The van der Waals surface area contributed by atoms with E-state index in [2.05, 4.69) is 4.90 Å². The Morgan fingerprint density at radius 1 is 1.00 bits per heavy atom. The van der Waals surface area contributed by atoms with Crippen LogP contribution in [0.3, 0.4) is 0 Å². The molecule has 2 saturated heterocycles. The predicted molar refractivity (Wildman–Crippen MR) is 107 cm³/mol. The number of hydrogen-bond acceptors (Lipinski definition) is 5. The number of benzene rings is 1. The zero-order valence-corrected chi connectivity index (χ0v) is 16.4. The lowest BCUT2D eigenvalue weighted by Gasteiger charge is -2.36. The van der Waals surface area contributed by atoms with E-state index in [0.717, 1.165) is 56.0 Å². The molecule has 0 N–H and O–H groups in total. The molecule has 1 aromatic rings. The fourth-order valence-electron chi connectivity index (χ4n) is 4.09. The molecule has 2 fully saturated rings. The van der Waals surface area contributed by atoms with Gasteiger partial charge in [-0.2, -0.15) is 0 Å². The second kappa shape index (κ2) is 8.22. The highest BCUT2D eigenvalue weighted by Gasteiger charge is 2.30. The maximum atomic E-state index is 13.2. The van der Waals surface area contributed by atoms with Crippen molar-refractivity contribution in [1.29, 1.82) is 0 Å². The maximum absolute atomic E-state index is 13.2. The molecule has 0 bridgehead atoms. The first-order chi connectivity index (χ1) is 13.7. The van der Waals surface area contributed by atoms with Crippen molar-refractivity contribution in [1.82, 2.24) is 4.90 Å². The van der Waals surface area contributed by atoms with Crippen LogP contribution in [0.2, 0.25) is 0 Å². The van der Waals surface area contributed by atoms with Crippen molar-refractivity contribution in [3.05, 3.63) is 30.0 Å². The van der Waals surface area contributed by atoms with Gasteiger partial charge in [-0.25, -0.2) is 0 Å². The van der Waals surface area contributed by atoms with Crippen LogP contribution in [0.25, 0.3) is 0 Å². The summed E-state index contributed by atoms with van der Waals surface area (Å²) < 4.78 is 11.0. The SMILES string of the molecule is COc1cc(N2CCCCC2=O)ccc1N1CCC=C(N2CCOCC2)C1=O. The predicted octanol–water partition coefficient (Wildman–Crippen LogP) is 2.16. The van der Waals surface area contributed by atoms with Crippen LogP contribution in [-0.4, -0.2) is 63.2 Å². The number of morpholine rings is 1. The van der Waals surface area contributed by atoms with Crippen molar-refractivity contribution in [2.75, 3.05) is 56.3 Å². The van der Waals surface area contributed by atoms with Crippen molar-refractivity contribution >= 4 is 23.2 Å². The molecule has 0 radical (unpaired) electrons. The van der Waals surface area contributed by atoms with Gasteiger partial charge in [0, 0.05) is 44.4 Å². The minimum atomic E-state index is -0.00625. The van der Waals surface area contributed by atoms with Gasteiger partial charge in [-0.05, 0) is 31.4 Å². The highest BCUT2D eigenvalue weighted by molar-refractivity contribution is 6.07. The van der Waals surface area contributed by atoms with Gasteiger partial charge >= 0.3 is 0 Å². The van der Waals surface area contributed by atoms with Crippen LogP contribution in [-0.2, 0) is 14.3 Å². The first-order valence-electron chi connectivity index (χ1n) is 10.0. The van der Waals surface area contributed by atoms with Gasteiger partial charge in [-0.15, -0.1) is 0 Å². The number of carbonyl (C=O) groups excluding carboxylic acids is 2. The van der Waals surface area contributed by atoms with E-state index in [1.165, 1.54) is 0 Å². The lowest BCUT2D eigenvalue weighted by molar-refractivity contribution is -0.119. The number of amides is 2. The molecule has 0 saturated carbocycles. The molecule has 0 aliphatic carbocycles. The molecule has 7 nitrogen and oxygen atoms in total. The lowest BCUT2D eigenvalue weighted by Crippen LogP contribution is -2.45. The number of nitrogens with zero attached hydrogens (tertiary/aromatic N) is 3. The zero-order chi connectivity index (χ0) is 19.5. The molecule has 1 aromatic carbocycles. The van der Waals surface area contributed by atoms with E-state index >= 15 is 0 Å². The van der Waals surface area contributed by atoms with Crippen LogP contribution in [0, 0.1) is 0 Å². The number of rotatable bonds is 4. The molecule has 3 heterocycles. The van der Waals surface area contributed by atoms with Gasteiger partial charge in [0.15, 0.2) is 0 Å². The van der Waals surface area contributed by atoms with Crippen molar-refractivity contribution in [3.8, 4) is 5.75 Å². The van der Waals surface area contributed by atoms with Crippen molar-refractivity contribution in [2.45, 2.75) is 25.7 Å². The highest BCUT2D eigenvalue weighted by Crippen LogP contribution is 2.36. The van der Waals surface area contributed by atoms with Crippen LogP contribution >= 0.6 is 0 Å². The molecular formula is C21H27N3O4. The maximum Gasteiger partial charge on any atom is 0.274 e. The summed E-state index contributed by atoms with van der Waals surface area (Å²) in [5.41, 5.74) is 2.32. The van der Waals surface area contributed by atoms with Crippen LogP contribution in [0.15, 0.2) is 30.0 Å². The molecule has 2 amide bonds. The molecule has 4 rings (SSSR count). The van der Waals surface area contributed by atoms with E-state index in [9.17, 15) is 9.59 Å². The van der Waals surface area contributed by atoms with Crippen molar-refractivity contribution in [3.63, 3.8) is 0 Å². The molecule has 150 valence electrons. The molecule has 0 spiro atoms. The summed E-state index contributed by atoms with van der Waals surface area (Å²) in [6, 6.07) is 5.69. The third kappa shape index (κ3) is 3.58. The largest absolute Gasteiger partial charge is 0.494 e. The standard InChI is InChI=1S/C21H27N3O4/c1-27-19-15-16(23-9-3-2-6-20(23)25)7-8-17(19)24-10-4-5-18(21(24)26)22-11-13-28-14-12-22/h5,7-8,15H,2-4,6,9-14H2,1H3. The smallest absolute Gasteiger partial charge is 0.274 e. The number of piperidine rings is 1. The topological polar surface area (TPSA) is 62.3 Å². The van der Waals surface area contributed by atoms with E-state index in [-0.39, 0.29) is 11.8 Å². The average Bonchev–Trinajstić information content (AvgIpc) is 2.74. The average molecular weight is 385 g/mol. The summed E-state index contributed by atoms with van der Waals surface area (Å²) >= 11 is 0. The first kappa shape index (κ1) is 18.8. The fourth-order valence-corrected chi connectivity index (χ4v) is 4.09. The van der Waals surface area contributed by atoms with Gasteiger partial charge in [-0.1, -0.05) is 6.08 Å². The minimum absolute atomic E-state index is 0.00625. The summed E-state index contributed by atoms with van der Waals surface area (Å²) in [6.07, 6.45) is 5.37. The molecule has 0 atom stereocenters. The third-order valence-electron chi connectivity index (χ3n) is 5.60. The molecule has 28 heavy (non-hydrogen) atoms. The van der Waals surface area contributed by atoms with Crippen molar-refractivity contribution < 1.29 is 19.1 Å². The number of methoxy groups -OCH3 is 1. The summed E-state index contributed by atoms with van der Waals surface area (Å²) in [5.74, 6) is 0.758. The Hall–Kier alpha value is -2.54. The van der Waals surface area contributed by atoms with E-state index in [1.54, 1.807) is 12.0 Å². The normalized spacial score (nSPS) is 21.0. The summed E-state index contributed by atoms with van der Waals surface area (Å²) in [5, 5.41) is 0. The van der Waals surface area contributed by atoms with Gasteiger partial charge in [-0.3, -0.25) is 9.59 Å². The Bertz CT molecular complexity index is 786. The van der Waals surface area contributed by atoms with Crippen molar-refractivity contribution in [2.24, 2.45) is 0 Å². The van der Waals surface area contributed by atoms with Gasteiger partial charge < -0.3 is 24.2 Å². The van der Waals surface area contributed by atoms with E-state index in [4.69, 9.17) is 9.47 Å². The van der Waals surface area contributed by atoms with E-state index in [1.807, 2.05) is 29.2 Å². The first-order valence-corrected chi connectivity index (χ1v) is 10.0. The lowest BCUT2D eigenvalue weighted by atomic mass is 10.1. The van der Waals surface area contributed by atoms with Crippen LogP contribution < -0.4 is 14.5 Å². The number of hydrogen-bond donors (Lipinski definition) is 0. The molecule has 0 aromatic heterocycles. The van der Waals surface area contributed by atoms with Gasteiger partial charge in [0.05, 0.1) is 31.7 Å². The Morgan fingerprint density at radius 3 is 2.57 bits per heavy atom. The van der Waals surface area contributed by atoms with Crippen LogP contribution in [0.1, 0.15) is 25.7 Å². The second-order valence-corrected chi connectivity index (χ2v) is 7.29. The molecule has 0 unspecified atom stereocenters. The minimum Gasteiger partial charge on any atom is -0.494 e. The Kier molecular flexibility index (Phi) is 5.52. The van der Waals surface area contributed by atoms with Gasteiger partial charge in [0.1, 0.15) is 5.75 Å². The Morgan fingerprint density at radius 2 is 1.82 bits per heavy atom. The van der Waals surface area contributed by atoms with Gasteiger partial charge in [0.2, 0.25) is 5.91 Å². The summed E-state index contributed by atoms with van der Waals surface area (Å²) in [7, 11) is 1.60. The summed E-state index contributed by atoms with van der Waals surface area (Å²) in [6.45, 7) is 4.11. The molecular weight excluding hydrogens is 358 g/mol. The van der Waals surface area contributed by atoms with Crippen LogP contribution in [0.4, 0.5) is 11.4 Å². The van der Waals surface area contributed by atoms with Crippen LogP contribution in [0.5, 0.6) is 5.75 Å². The molecule has 3 aliphatic rings. The molecule has 7 heteroatoms. The molecule has 3 aliphatic heterocycles. The Balaban J connectivity index is 1.58. The van der Waals surface area contributed by atoms with E-state index < -0.39 is 0 Å². The quantitative estimate of drug-likeness (QED) is 0.795. The number of carbonyl (C=O) groups is 2. The van der Waals surface area contributed by atoms with Gasteiger partial charge in [0.25, 0.3) is 5.91 Å².